The van der Waals surface area contributed by atoms with Crippen molar-refractivity contribution in [1.29, 1.82) is 0 Å². The number of ether oxygens (including phenoxy) is 1. The Hall–Kier alpha value is -1.33. The van der Waals surface area contributed by atoms with Gasteiger partial charge >= 0.3 is 5.97 Å². The normalized spacial score (nSPS) is 12.8. The second-order valence-corrected chi connectivity index (χ2v) is 4.14. The van der Waals surface area contributed by atoms with Crippen molar-refractivity contribution in [3.63, 3.8) is 0 Å². The maximum absolute atomic E-state index is 11.4. The van der Waals surface area contributed by atoms with Gasteiger partial charge in [-0.2, -0.15) is 0 Å². The van der Waals surface area contributed by atoms with E-state index < -0.39 is 5.97 Å². The molecule has 0 aromatic carbocycles. The summed E-state index contributed by atoms with van der Waals surface area (Å²) in [5.74, 6) is -0.217. The summed E-state index contributed by atoms with van der Waals surface area (Å²) in [6, 6.07) is 1.76. The Morgan fingerprint density at radius 3 is 2.94 bits per heavy atom. The van der Waals surface area contributed by atoms with Gasteiger partial charge in [0.1, 0.15) is 0 Å². The highest BCUT2D eigenvalue weighted by molar-refractivity contribution is 5.87. The molecule has 5 heteroatoms. The second-order valence-electron chi connectivity index (χ2n) is 4.14. The Kier molecular flexibility index (Phi) is 5.18. The van der Waals surface area contributed by atoms with E-state index in [0.717, 1.165) is 12.1 Å². The van der Waals surface area contributed by atoms with Crippen LogP contribution in [-0.4, -0.2) is 42.8 Å². The summed E-state index contributed by atoms with van der Waals surface area (Å²) in [4.78, 5) is 13.4. The molecule has 0 saturated heterocycles. The van der Waals surface area contributed by atoms with Gasteiger partial charge in [-0.1, -0.05) is 0 Å². The van der Waals surface area contributed by atoms with Crippen LogP contribution in [-0.2, 0) is 11.3 Å². The average Bonchev–Trinajstić information content (AvgIpc) is 2.73. The number of aliphatic hydroxyl groups excluding tert-OH is 1. The van der Waals surface area contributed by atoms with Crippen LogP contribution < -0.4 is 0 Å². The molecule has 0 saturated carbocycles. The summed E-state index contributed by atoms with van der Waals surface area (Å²) < 4.78 is 9.72. The Morgan fingerprint density at radius 1 is 1.65 bits per heavy atom. The van der Waals surface area contributed by atoms with Crippen molar-refractivity contribution < 1.29 is 19.1 Å². The zero-order valence-corrected chi connectivity index (χ0v) is 10.5. The summed E-state index contributed by atoms with van der Waals surface area (Å²) in [5.41, 5.74) is 0.796. The molecular weight excluding hydrogens is 222 g/mol. The van der Waals surface area contributed by atoms with Crippen LogP contribution in [0.5, 0.6) is 0 Å². The van der Waals surface area contributed by atoms with Gasteiger partial charge in [-0.25, -0.2) is 4.79 Å². The molecule has 0 spiro atoms. The van der Waals surface area contributed by atoms with Gasteiger partial charge in [0.25, 0.3) is 0 Å². The highest BCUT2D eigenvalue weighted by Crippen LogP contribution is 2.14. The van der Waals surface area contributed by atoms with Gasteiger partial charge in [0.2, 0.25) is 5.76 Å². The van der Waals surface area contributed by atoms with Gasteiger partial charge < -0.3 is 19.2 Å². The molecule has 0 aliphatic carbocycles. The minimum atomic E-state index is -0.464. The lowest BCUT2D eigenvalue weighted by molar-refractivity contribution is 0.0561. The average molecular weight is 241 g/mol. The Balaban J connectivity index is 2.56. The van der Waals surface area contributed by atoms with Crippen molar-refractivity contribution in [3.8, 4) is 0 Å². The molecule has 1 unspecified atom stereocenters. The molecule has 0 fully saturated rings. The number of carbonyl (C=O) groups excluding carboxylic acids is 1. The van der Waals surface area contributed by atoms with Gasteiger partial charge in [0.05, 0.1) is 19.5 Å². The van der Waals surface area contributed by atoms with Crippen LogP contribution in [0.1, 0.15) is 29.5 Å². The first-order valence-electron chi connectivity index (χ1n) is 5.56. The first kappa shape index (κ1) is 13.7. The SMILES string of the molecule is COC(=O)c1occc1CN(C)CCC(C)O. The molecule has 0 bridgehead atoms. The van der Waals surface area contributed by atoms with Crippen molar-refractivity contribution in [1.82, 2.24) is 4.90 Å². The fourth-order valence-electron chi connectivity index (χ4n) is 1.51. The first-order valence-corrected chi connectivity index (χ1v) is 5.56. The molecule has 96 valence electrons. The number of methoxy groups -OCH3 is 1. The predicted molar refractivity (Wildman–Crippen MR) is 62.7 cm³/mol. The van der Waals surface area contributed by atoms with Gasteiger partial charge in [-0.15, -0.1) is 0 Å². The summed E-state index contributed by atoms with van der Waals surface area (Å²) in [6.07, 6.45) is 1.85. The number of nitrogens with zero attached hydrogens (tertiary/aromatic N) is 1. The van der Waals surface area contributed by atoms with E-state index in [0.29, 0.717) is 13.0 Å². The van der Waals surface area contributed by atoms with Crippen molar-refractivity contribution in [2.75, 3.05) is 20.7 Å². The maximum Gasteiger partial charge on any atom is 0.374 e. The standard InChI is InChI=1S/C12H19NO4/c1-9(14)4-6-13(2)8-10-5-7-17-11(10)12(15)16-3/h5,7,9,14H,4,6,8H2,1-3H3. The molecule has 1 aromatic heterocycles. The predicted octanol–water partition coefficient (Wildman–Crippen LogP) is 1.27. The molecule has 0 radical (unpaired) electrons. The van der Waals surface area contributed by atoms with E-state index in [1.54, 1.807) is 13.0 Å². The number of aliphatic hydroxyl groups is 1. The number of hydrogen-bond acceptors (Lipinski definition) is 5. The summed E-state index contributed by atoms with van der Waals surface area (Å²) in [6.45, 7) is 3.10. The fraction of sp³-hybridized carbons (Fsp3) is 0.583. The summed E-state index contributed by atoms with van der Waals surface area (Å²) in [7, 11) is 3.25. The Bertz CT molecular complexity index is 359. The summed E-state index contributed by atoms with van der Waals surface area (Å²) in [5, 5.41) is 9.19. The van der Waals surface area contributed by atoms with Crippen molar-refractivity contribution in [3.05, 3.63) is 23.7 Å². The lowest BCUT2D eigenvalue weighted by atomic mass is 10.2. The number of rotatable bonds is 6. The van der Waals surface area contributed by atoms with E-state index in [2.05, 4.69) is 4.74 Å². The number of esters is 1. The third kappa shape index (κ3) is 4.20. The third-order valence-corrected chi connectivity index (χ3v) is 2.49. The van der Waals surface area contributed by atoms with Crippen molar-refractivity contribution in [2.45, 2.75) is 26.0 Å². The number of furan rings is 1. The lowest BCUT2D eigenvalue weighted by Crippen LogP contribution is -2.22. The van der Waals surface area contributed by atoms with Gasteiger partial charge in [-0.05, 0) is 26.5 Å². The third-order valence-electron chi connectivity index (χ3n) is 2.49. The van der Waals surface area contributed by atoms with Crippen LogP contribution >= 0.6 is 0 Å². The van der Waals surface area contributed by atoms with E-state index >= 15 is 0 Å². The Labute approximate surface area is 101 Å². The monoisotopic (exact) mass is 241 g/mol. The van der Waals surface area contributed by atoms with E-state index in [1.165, 1.54) is 13.4 Å². The Morgan fingerprint density at radius 2 is 2.35 bits per heavy atom. The van der Waals surface area contributed by atoms with Gasteiger partial charge in [0, 0.05) is 18.7 Å². The molecule has 1 aromatic rings. The van der Waals surface area contributed by atoms with E-state index in [-0.39, 0.29) is 11.9 Å². The molecule has 17 heavy (non-hydrogen) atoms. The first-order chi connectivity index (χ1) is 8.04. The van der Waals surface area contributed by atoms with Gasteiger partial charge in [-0.3, -0.25) is 0 Å². The highest BCUT2D eigenvalue weighted by Gasteiger charge is 2.16. The van der Waals surface area contributed by atoms with Crippen LogP contribution in [0.2, 0.25) is 0 Å². The maximum atomic E-state index is 11.4. The molecule has 1 rings (SSSR count). The topological polar surface area (TPSA) is 62.9 Å². The minimum absolute atomic E-state index is 0.247. The van der Waals surface area contributed by atoms with E-state index in [4.69, 9.17) is 4.42 Å². The molecule has 0 aliphatic rings. The highest BCUT2D eigenvalue weighted by atomic mass is 16.5. The molecule has 0 amide bonds. The largest absolute Gasteiger partial charge is 0.463 e. The zero-order chi connectivity index (χ0) is 12.8. The lowest BCUT2D eigenvalue weighted by Gasteiger charge is -2.16. The molecule has 1 heterocycles. The van der Waals surface area contributed by atoms with Crippen LogP contribution in [0.3, 0.4) is 0 Å². The zero-order valence-electron chi connectivity index (χ0n) is 10.5. The van der Waals surface area contributed by atoms with E-state index in [1.807, 2.05) is 11.9 Å². The fourth-order valence-corrected chi connectivity index (χ4v) is 1.51. The van der Waals surface area contributed by atoms with Gasteiger partial charge in [0.15, 0.2) is 0 Å². The quantitative estimate of drug-likeness (QED) is 0.760. The number of carbonyl (C=O) groups is 1. The van der Waals surface area contributed by atoms with Crippen LogP contribution in [0.25, 0.3) is 0 Å². The molecule has 0 aliphatic heterocycles. The van der Waals surface area contributed by atoms with Crippen molar-refractivity contribution >= 4 is 5.97 Å². The molecular formula is C12H19NO4. The molecule has 5 nitrogen and oxygen atoms in total. The van der Waals surface area contributed by atoms with Crippen LogP contribution in [0, 0.1) is 0 Å². The number of hydrogen-bond donors (Lipinski definition) is 1. The van der Waals surface area contributed by atoms with Crippen LogP contribution in [0.4, 0.5) is 0 Å². The summed E-state index contributed by atoms with van der Waals surface area (Å²) >= 11 is 0. The molecule has 1 N–H and O–H groups in total. The second kappa shape index (κ2) is 6.42. The minimum Gasteiger partial charge on any atom is -0.463 e. The molecule has 1 atom stereocenters. The smallest absolute Gasteiger partial charge is 0.374 e. The van der Waals surface area contributed by atoms with E-state index in [9.17, 15) is 9.90 Å². The van der Waals surface area contributed by atoms with Crippen molar-refractivity contribution in [2.24, 2.45) is 0 Å². The van der Waals surface area contributed by atoms with Crippen LogP contribution in [0.15, 0.2) is 16.7 Å².